The van der Waals surface area contributed by atoms with E-state index in [2.05, 4.69) is 14.7 Å². The van der Waals surface area contributed by atoms with Crippen molar-refractivity contribution < 1.29 is 30.2 Å². The molecule has 8 nitrogen and oxygen atoms in total. The van der Waals surface area contributed by atoms with Gasteiger partial charge in [0.05, 0.1) is 27.9 Å². The molecule has 1 saturated carbocycles. The standard InChI is InChI=1S/C25H14F4N4O4S/c26-25(27,28)37-21-8-18-20(7-17(21)13-6-15(11-31-10-13)38(29,35)36)33(14-2-3-14)24-22(23(18)34)16-4-1-12(9-30)5-19(16)32-24/h1,4-8,10-11,14,32H,2-3H2. The Morgan fingerprint density at radius 1 is 1.11 bits per heavy atom. The van der Waals surface area contributed by atoms with Gasteiger partial charge in [-0.25, -0.2) is 0 Å². The Morgan fingerprint density at radius 3 is 2.53 bits per heavy atom. The second kappa shape index (κ2) is 8.03. The summed E-state index contributed by atoms with van der Waals surface area (Å²) < 4.78 is 82.8. The number of rotatable bonds is 4. The van der Waals surface area contributed by atoms with E-state index in [1.165, 1.54) is 6.07 Å². The average molecular weight is 542 g/mol. The molecule has 13 heteroatoms. The van der Waals surface area contributed by atoms with Crippen molar-refractivity contribution in [2.75, 3.05) is 0 Å². The fourth-order valence-corrected chi connectivity index (χ4v) is 5.17. The van der Waals surface area contributed by atoms with E-state index >= 15 is 0 Å². The van der Waals surface area contributed by atoms with Gasteiger partial charge in [0.1, 0.15) is 16.3 Å². The number of halogens is 4. The fourth-order valence-electron chi connectivity index (χ4n) is 4.71. The van der Waals surface area contributed by atoms with Crippen molar-refractivity contribution in [3.8, 4) is 22.9 Å². The summed E-state index contributed by atoms with van der Waals surface area (Å²) in [5.41, 5.74) is 0.632. The molecule has 6 rings (SSSR count). The Kier molecular flexibility index (Phi) is 5.06. The molecule has 0 unspecified atom stereocenters. The Morgan fingerprint density at radius 2 is 1.87 bits per heavy atom. The number of alkyl halides is 3. The number of benzene rings is 2. The first-order valence-electron chi connectivity index (χ1n) is 11.2. The van der Waals surface area contributed by atoms with Gasteiger partial charge < -0.3 is 14.3 Å². The maximum atomic E-state index is 13.7. The van der Waals surface area contributed by atoms with E-state index in [0.717, 1.165) is 37.4 Å². The topological polar surface area (TPSA) is 118 Å². The molecule has 0 atom stereocenters. The van der Waals surface area contributed by atoms with E-state index in [0.29, 0.717) is 22.1 Å². The smallest absolute Gasteiger partial charge is 0.405 e. The van der Waals surface area contributed by atoms with Crippen LogP contribution in [0.4, 0.5) is 17.1 Å². The Balaban J connectivity index is 1.74. The summed E-state index contributed by atoms with van der Waals surface area (Å²) in [7, 11) is -5.20. The van der Waals surface area contributed by atoms with Gasteiger partial charge in [-0.15, -0.1) is 17.1 Å². The minimum absolute atomic E-state index is 0.0557. The van der Waals surface area contributed by atoms with Gasteiger partial charge in [0, 0.05) is 40.5 Å². The lowest BCUT2D eigenvalue weighted by atomic mass is 10.0. The van der Waals surface area contributed by atoms with Gasteiger partial charge in [0.25, 0.3) is 0 Å². The Hall–Kier alpha value is -4.44. The SMILES string of the molecule is N#Cc1ccc2c(c1)[nH]c1c2c(=O)c2cc(OC(F)(F)F)c(-c3cncc(S(=O)(=O)F)c3)cc2n1C1CC1. The largest absolute Gasteiger partial charge is 0.573 e. The van der Waals surface area contributed by atoms with Crippen LogP contribution in [0.15, 0.2) is 58.5 Å². The highest BCUT2D eigenvalue weighted by atomic mass is 32.3. The highest BCUT2D eigenvalue weighted by Gasteiger charge is 2.34. The van der Waals surface area contributed by atoms with Crippen LogP contribution in [0.1, 0.15) is 24.4 Å². The molecule has 0 amide bonds. The number of nitrogens with zero attached hydrogens (tertiary/aromatic N) is 3. The van der Waals surface area contributed by atoms with Crippen LogP contribution in [0.2, 0.25) is 0 Å². The van der Waals surface area contributed by atoms with Crippen LogP contribution in [-0.4, -0.2) is 29.3 Å². The molecular weight excluding hydrogens is 528 g/mol. The molecule has 0 bridgehead atoms. The van der Waals surface area contributed by atoms with Crippen LogP contribution in [0.3, 0.4) is 0 Å². The number of fused-ring (bicyclic) bond motifs is 4. The van der Waals surface area contributed by atoms with Crippen LogP contribution in [-0.2, 0) is 10.2 Å². The van der Waals surface area contributed by atoms with Gasteiger partial charge in [0.15, 0.2) is 5.43 Å². The molecule has 1 N–H and O–H groups in total. The predicted octanol–water partition coefficient (Wildman–Crippen LogP) is 5.46. The number of pyridine rings is 2. The second-order valence-electron chi connectivity index (χ2n) is 8.91. The van der Waals surface area contributed by atoms with Crippen LogP contribution in [0, 0.1) is 11.3 Å². The van der Waals surface area contributed by atoms with Crippen molar-refractivity contribution in [1.82, 2.24) is 14.5 Å². The van der Waals surface area contributed by atoms with Crippen molar-refractivity contribution in [3.05, 3.63) is 64.6 Å². The Labute approximate surface area is 210 Å². The quantitative estimate of drug-likeness (QED) is 0.238. The summed E-state index contributed by atoms with van der Waals surface area (Å²) in [6, 6.07) is 9.77. The average Bonchev–Trinajstić information content (AvgIpc) is 3.61. The summed E-state index contributed by atoms with van der Waals surface area (Å²) in [6.07, 6.45) is -1.84. The molecule has 38 heavy (non-hydrogen) atoms. The van der Waals surface area contributed by atoms with Gasteiger partial charge in [-0.2, -0.15) is 13.7 Å². The monoisotopic (exact) mass is 542 g/mol. The molecule has 3 heterocycles. The minimum Gasteiger partial charge on any atom is -0.405 e. The van der Waals surface area contributed by atoms with Crippen LogP contribution in [0.25, 0.3) is 44.0 Å². The molecule has 1 fully saturated rings. The van der Waals surface area contributed by atoms with E-state index in [1.807, 2.05) is 10.6 Å². The van der Waals surface area contributed by atoms with Gasteiger partial charge in [-0.1, -0.05) is 6.07 Å². The molecule has 1 aliphatic rings. The molecule has 1 aliphatic carbocycles. The summed E-state index contributed by atoms with van der Waals surface area (Å²) in [4.78, 5) is 19.7. The lowest BCUT2D eigenvalue weighted by Gasteiger charge is -2.18. The van der Waals surface area contributed by atoms with E-state index in [9.17, 15) is 35.5 Å². The number of nitriles is 1. The number of hydrogen-bond acceptors (Lipinski definition) is 6. The van der Waals surface area contributed by atoms with E-state index in [4.69, 9.17) is 0 Å². The first-order valence-corrected chi connectivity index (χ1v) is 12.6. The number of ether oxygens (including phenoxy) is 1. The third-order valence-electron chi connectivity index (χ3n) is 6.42. The predicted molar refractivity (Wildman–Crippen MR) is 129 cm³/mol. The molecule has 3 aromatic heterocycles. The van der Waals surface area contributed by atoms with Gasteiger partial charge in [0.2, 0.25) is 0 Å². The van der Waals surface area contributed by atoms with E-state index in [1.54, 1.807) is 18.2 Å². The van der Waals surface area contributed by atoms with Crippen molar-refractivity contribution in [2.45, 2.75) is 30.1 Å². The van der Waals surface area contributed by atoms with Crippen LogP contribution in [0.5, 0.6) is 5.75 Å². The summed E-state index contributed by atoms with van der Waals surface area (Å²) in [5.74, 6) is -0.773. The maximum absolute atomic E-state index is 13.7. The summed E-state index contributed by atoms with van der Waals surface area (Å²) in [6.45, 7) is 0. The second-order valence-corrected chi connectivity index (χ2v) is 10.3. The van der Waals surface area contributed by atoms with Gasteiger partial charge in [-0.05, 0) is 43.2 Å². The zero-order valence-electron chi connectivity index (χ0n) is 19.0. The van der Waals surface area contributed by atoms with Crippen molar-refractivity contribution in [2.24, 2.45) is 0 Å². The van der Waals surface area contributed by atoms with E-state index in [-0.39, 0.29) is 33.5 Å². The molecule has 0 saturated heterocycles. The maximum Gasteiger partial charge on any atom is 0.573 e. The molecule has 5 aromatic rings. The molecular formula is C25H14F4N4O4S. The lowest BCUT2D eigenvalue weighted by molar-refractivity contribution is -0.274. The summed E-state index contributed by atoms with van der Waals surface area (Å²) >= 11 is 0. The highest BCUT2D eigenvalue weighted by molar-refractivity contribution is 7.86. The lowest BCUT2D eigenvalue weighted by Crippen LogP contribution is -2.18. The third kappa shape index (κ3) is 3.93. The number of hydrogen-bond donors (Lipinski definition) is 1. The number of aromatic amines is 1. The number of H-pyrrole nitrogens is 1. The van der Waals surface area contributed by atoms with Gasteiger partial charge >= 0.3 is 16.6 Å². The van der Waals surface area contributed by atoms with Crippen molar-refractivity contribution in [1.29, 1.82) is 5.26 Å². The number of nitrogens with one attached hydrogen (secondary N) is 1. The fraction of sp³-hybridized carbons (Fsp3) is 0.160. The number of aromatic nitrogens is 3. The first kappa shape index (κ1) is 23.9. The molecule has 0 spiro atoms. The van der Waals surface area contributed by atoms with Crippen molar-refractivity contribution in [3.63, 3.8) is 0 Å². The molecule has 0 aliphatic heterocycles. The zero-order chi connectivity index (χ0) is 27.0. The summed E-state index contributed by atoms with van der Waals surface area (Å²) in [5, 5.41) is 9.97. The van der Waals surface area contributed by atoms with Crippen LogP contribution >= 0.6 is 0 Å². The van der Waals surface area contributed by atoms with Crippen molar-refractivity contribution >= 4 is 43.1 Å². The normalized spacial score (nSPS) is 14.3. The third-order valence-corrected chi connectivity index (χ3v) is 7.21. The van der Waals surface area contributed by atoms with Crippen LogP contribution < -0.4 is 10.2 Å². The minimum atomic E-state index is -5.20. The Bertz CT molecular complexity index is 2020. The van der Waals surface area contributed by atoms with E-state index < -0.39 is 32.7 Å². The van der Waals surface area contributed by atoms with Gasteiger partial charge in [-0.3, -0.25) is 9.78 Å². The zero-order valence-corrected chi connectivity index (χ0v) is 19.8. The highest BCUT2D eigenvalue weighted by Crippen LogP contribution is 2.43. The first-order chi connectivity index (χ1) is 17.9. The molecule has 0 radical (unpaired) electrons. The molecule has 2 aromatic carbocycles. The molecule has 192 valence electrons.